The Morgan fingerprint density at radius 2 is 1.64 bits per heavy atom. The molecule has 1 unspecified atom stereocenters. The Morgan fingerprint density at radius 1 is 0.974 bits per heavy atom. The number of sulfonamides is 1. The molecule has 9 heteroatoms. The van der Waals surface area contributed by atoms with Gasteiger partial charge in [-0.3, -0.25) is 9.59 Å². The van der Waals surface area contributed by atoms with Crippen molar-refractivity contribution < 1.29 is 18.0 Å². The van der Waals surface area contributed by atoms with Crippen LogP contribution < -0.4 is 5.32 Å². The number of fused-ring (bicyclic) bond motifs is 1. The number of carbonyl (C=O) groups excluding carboxylic acids is 2. The van der Waals surface area contributed by atoms with Crippen LogP contribution in [-0.2, 0) is 26.2 Å². The molecule has 3 aromatic carbocycles. The predicted octanol–water partition coefficient (Wildman–Crippen LogP) is 5.37. The zero-order valence-corrected chi connectivity index (χ0v) is 24.0. The molecule has 1 aliphatic rings. The van der Waals surface area contributed by atoms with Crippen molar-refractivity contribution >= 4 is 44.2 Å². The lowest BCUT2D eigenvalue weighted by Gasteiger charge is -2.33. The highest BCUT2D eigenvalue weighted by Gasteiger charge is 2.33. The number of rotatable bonds is 10. The van der Waals surface area contributed by atoms with E-state index in [1.165, 1.54) is 18.4 Å². The topological polar surface area (TPSA) is 86.8 Å². The van der Waals surface area contributed by atoms with E-state index in [-0.39, 0.29) is 23.4 Å². The summed E-state index contributed by atoms with van der Waals surface area (Å²) in [6, 6.07) is 18.9. The van der Waals surface area contributed by atoms with Crippen LogP contribution in [0.4, 0.5) is 0 Å². The van der Waals surface area contributed by atoms with Crippen LogP contribution in [0.5, 0.6) is 0 Å². The standard InChI is InChI=1S/C30H36ClN3O4S/c1-3-28(30(36)32-25-14-5-4-6-15-25)34(20-24-13-9-10-16-27(24)31)29(35)21-33(2)39(37,38)26-18-17-22-11-7-8-12-23(22)19-26/h7-13,16-19,25,28H,3-6,14-15,20-21H2,1-2H3,(H,32,36). The van der Waals surface area contributed by atoms with E-state index in [4.69, 9.17) is 11.6 Å². The second-order valence-electron chi connectivity index (χ2n) is 10.2. The van der Waals surface area contributed by atoms with Crippen LogP contribution in [0.1, 0.15) is 51.0 Å². The molecular weight excluding hydrogens is 534 g/mol. The highest BCUT2D eigenvalue weighted by molar-refractivity contribution is 7.89. The third-order valence-corrected chi connectivity index (χ3v) is 9.59. The number of hydrogen-bond donors (Lipinski definition) is 1. The van der Waals surface area contributed by atoms with E-state index in [0.29, 0.717) is 17.0 Å². The Kier molecular flexibility index (Phi) is 9.64. The second-order valence-corrected chi connectivity index (χ2v) is 12.6. The summed E-state index contributed by atoms with van der Waals surface area (Å²) in [5.74, 6) is -0.683. The molecule has 39 heavy (non-hydrogen) atoms. The fourth-order valence-corrected chi connectivity index (χ4v) is 6.50. The third-order valence-electron chi connectivity index (χ3n) is 7.42. The molecule has 1 fully saturated rings. The molecule has 0 aromatic heterocycles. The zero-order valence-electron chi connectivity index (χ0n) is 22.5. The van der Waals surface area contributed by atoms with Crippen molar-refractivity contribution in [3.63, 3.8) is 0 Å². The molecule has 0 aliphatic heterocycles. The minimum absolute atomic E-state index is 0.0912. The van der Waals surface area contributed by atoms with Crippen LogP contribution >= 0.6 is 11.6 Å². The van der Waals surface area contributed by atoms with E-state index in [0.717, 1.165) is 40.8 Å². The van der Waals surface area contributed by atoms with Crippen LogP contribution in [0.2, 0.25) is 5.02 Å². The van der Waals surface area contributed by atoms with Crippen molar-refractivity contribution in [3.05, 3.63) is 77.3 Å². The number of amides is 2. The van der Waals surface area contributed by atoms with Gasteiger partial charge in [-0.15, -0.1) is 0 Å². The van der Waals surface area contributed by atoms with Gasteiger partial charge in [-0.25, -0.2) is 8.42 Å². The van der Waals surface area contributed by atoms with E-state index in [1.54, 1.807) is 30.3 Å². The van der Waals surface area contributed by atoms with Crippen LogP contribution in [0.3, 0.4) is 0 Å². The summed E-state index contributed by atoms with van der Waals surface area (Å²) in [5.41, 5.74) is 0.691. The highest BCUT2D eigenvalue weighted by Crippen LogP contribution is 2.24. The molecule has 1 atom stereocenters. The third kappa shape index (κ3) is 6.99. The number of hydrogen-bond acceptors (Lipinski definition) is 4. The monoisotopic (exact) mass is 569 g/mol. The second kappa shape index (κ2) is 12.9. The molecule has 4 rings (SSSR count). The van der Waals surface area contributed by atoms with Gasteiger partial charge in [0.15, 0.2) is 0 Å². The number of likely N-dealkylation sites (N-methyl/N-ethyl adjacent to an activating group) is 1. The van der Waals surface area contributed by atoms with Gasteiger partial charge in [0.25, 0.3) is 0 Å². The van der Waals surface area contributed by atoms with E-state index in [9.17, 15) is 18.0 Å². The Labute approximate surface area is 236 Å². The van der Waals surface area contributed by atoms with Crippen molar-refractivity contribution in [1.82, 2.24) is 14.5 Å². The highest BCUT2D eigenvalue weighted by atomic mass is 35.5. The van der Waals surface area contributed by atoms with Crippen molar-refractivity contribution in [2.45, 2.75) is 69.0 Å². The Bertz CT molecular complexity index is 1420. The molecule has 0 bridgehead atoms. The first-order valence-corrected chi connectivity index (χ1v) is 15.3. The number of benzene rings is 3. The molecule has 7 nitrogen and oxygen atoms in total. The fraction of sp³-hybridized carbons (Fsp3) is 0.400. The Balaban J connectivity index is 1.58. The molecule has 3 aromatic rings. The van der Waals surface area contributed by atoms with Gasteiger partial charge < -0.3 is 10.2 Å². The first-order chi connectivity index (χ1) is 18.7. The summed E-state index contributed by atoms with van der Waals surface area (Å²) in [5, 5.41) is 5.34. The predicted molar refractivity (Wildman–Crippen MR) is 155 cm³/mol. The largest absolute Gasteiger partial charge is 0.352 e. The molecule has 1 N–H and O–H groups in total. The van der Waals surface area contributed by atoms with Gasteiger partial charge in [0.05, 0.1) is 11.4 Å². The van der Waals surface area contributed by atoms with Gasteiger partial charge in [-0.05, 0) is 53.8 Å². The molecule has 208 valence electrons. The van der Waals surface area contributed by atoms with Crippen molar-refractivity contribution in [3.8, 4) is 0 Å². The van der Waals surface area contributed by atoms with Gasteiger partial charge in [-0.2, -0.15) is 4.31 Å². The maximum atomic E-state index is 13.8. The molecule has 1 saturated carbocycles. The van der Waals surface area contributed by atoms with Gasteiger partial charge in [0, 0.05) is 24.7 Å². The number of halogens is 1. The number of carbonyl (C=O) groups is 2. The first kappa shape index (κ1) is 29.1. The van der Waals surface area contributed by atoms with Crippen molar-refractivity contribution in [2.75, 3.05) is 13.6 Å². The lowest BCUT2D eigenvalue weighted by atomic mass is 9.95. The van der Waals surface area contributed by atoms with Gasteiger partial charge in [0.2, 0.25) is 21.8 Å². The molecule has 0 radical (unpaired) electrons. The minimum atomic E-state index is -3.96. The number of nitrogens with one attached hydrogen (secondary N) is 1. The smallest absolute Gasteiger partial charge is 0.243 e. The Hall–Kier alpha value is -2.94. The van der Waals surface area contributed by atoms with E-state index in [2.05, 4.69) is 5.32 Å². The summed E-state index contributed by atoms with van der Waals surface area (Å²) in [7, 11) is -2.57. The Morgan fingerprint density at radius 3 is 2.33 bits per heavy atom. The van der Waals surface area contributed by atoms with Gasteiger partial charge in [-0.1, -0.05) is 86.3 Å². The molecule has 2 amide bonds. The van der Waals surface area contributed by atoms with Crippen LogP contribution in [-0.4, -0.2) is 55.1 Å². The van der Waals surface area contributed by atoms with Crippen LogP contribution in [0.15, 0.2) is 71.6 Å². The SMILES string of the molecule is CCC(C(=O)NC1CCCCC1)N(Cc1ccccc1Cl)C(=O)CN(C)S(=O)(=O)c1ccc2ccccc2c1. The molecular formula is C30H36ClN3O4S. The summed E-state index contributed by atoms with van der Waals surface area (Å²) >= 11 is 6.42. The van der Waals surface area contributed by atoms with E-state index < -0.39 is 28.5 Å². The summed E-state index contributed by atoms with van der Waals surface area (Å²) in [4.78, 5) is 28.7. The summed E-state index contributed by atoms with van der Waals surface area (Å²) in [6.45, 7) is 1.54. The average molecular weight is 570 g/mol. The molecule has 0 heterocycles. The number of nitrogens with zero attached hydrogens (tertiary/aromatic N) is 2. The van der Waals surface area contributed by atoms with Crippen LogP contribution in [0, 0.1) is 0 Å². The lowest BCUT2D eigenvalue weighted by Crippen LogP contribution is -2.53. The quantitative estimate of drug-likeness (QED) is 0.356. The average Bonchev–Trinajstić information content (AvgIpc) is 2.94. The van der Waals surface area contributed by atoms with Crippen molar-refractivity contribution in [1.29, 1.82) is 0 Å². The minimum Gasteiger partial charge on any atom is -0.352 e. The summed E-state index contributed by atoms with van der Waals surface area (Å²) < 4.78 is 27.9. The van der Waals surface area contributed by atoms with E-state index >= 15 is 0 Å². The summed E-state index contributed by atoms with van der Waals surface area (Å²) in [6.07, 6.45) is 5.54. The normalized spacial score (nSPS) is 15.3. The van der Waals surface area contributed by atoms with E-state index in [1.807, 2.05) is 43.3 Å². The maximum Gasteiger partial charge on any atom is 0.243 e. The lowest BCUT2D eigenvalue weighted by molar-refractivity contribution is -0.141. The molecule has 1 aliphatic carbocycles. The van der Waals surface area contributed by atoms with Crippen molar-refractivity contribution in [2.24, 2.45) is 0 Å². The zero-order chi connectivity index (χ0) is 28.0. The molecule has 0 spiro atoms. The first-order valence-electron chi connectivity index (χ1n) is 13.5. The maximum absolute atomic E-state index is 13.8. The molecule has 0 saturated heterocycles. The van der Waals surface area contributed by atoms with Gasteiger partial charge in [0.1, 0.15) is 6.04 Å². The van der Waals surface area contributed by atoms with Crippen LogP contribution in [0.25, 0.3) is 10.8 Å². The fourth-order valence-electron chi connectivity index (χ4n) is 5.15. The van der Waals surface area contributed by atoms with Gasteiger partial charge >= 0.3 is 0 Å².